The number of aliphatic hydroxyl groups is 2. The van der Waals surface area contributed by atoms with E-state index in [0.717, 1.165) is 0 Å². The van der Waals surface area contributed by atoms with Crippen LogP contribution < -0.4 is 5.56 Å². The molecule has 0 aliphatic rings. The number of H-pyrrole nitrogens is 1. The summed E-state index contributed by atoms with van der Waals surface area (Å²) in [5, 5.41) is 17.9. The minimum atomic E-state index is -0.269. The molecule has 7 heteroatoms. The van der Waals surface area contributed by atoms with Crippen LogP contribution in [0.15, 0.2) is 17.4 Å². The zero-order valence-corrected chi connectivity index (χ0v) is 9.20. The van der Waals surface area contributed by atoms with Crippen LogP contribution in [0, 0.1) is 5.92 Å². The lowest BCUT2D eigenvalue weighted by Crippen LogP contribution is -2.14. The Morgan fingerprint density at radius 3 is 2.82 bits per heavy atom. The van der Waals surface area contributed by atoms with Gasteiger partial charge < -0.3 is 19.8 Å². The molecule has 92 valence electrons. The maximum absolute atomic E-state index is 11.4. The molecule has 2 rings (SSSR count). The molecule has 0 spiro atoms. The van der Waals surface area contributed by atoms with Gasteiger partial charge in [-0.15, -0.1) is 0 Å². The van der Waals surface area contributed by atoms with E-state index in [1.165, 1.54) is 6.33 Å². The first-order valence-electron chi connectivity index (χ1n) is 5.36. The molecule has 0 aliphatic heterocycles. The molecule has 0 saturated heterocycles. The van der Waals surface area contributed by atoms with E-state index in [0.29, 0.717) is 24.1 Å². The largest absolute Gasteiger partial charge is 0.396 e. The molecule has 0 saturated carbocycles. The molecule has 7 nitrogen and oxygen atoms in total. The monoisotopic (exact) mass is 238 g/mol. The van der Waals surface area contributed by atoms with Crippen molar-refractivity contribution in [2.45, 2.75) is 13.0 Å². The number of fused-ring (bicyclic) bond motifs is 1. The molecule has 17 heavy (non-hydrogen) atoms. The molecule has 0 unspecified atom stereocenters. The quantitative estimate of drug-likeness (QED) is 0.627. The van der Waals surface area contributed by atoms with Gasteiger partial charge in [-0.3, -0.25) is 4.79 Å². The van der Waals surface area contributed by atoms with E-state index in [1.807, 2.05) is 0 Å². The van der Waals surface area contributed by atoms with Crippen LogP contribution >= 0.6 is 0 Å². The van der Waals surface area contributed by atoms with Crippen molar-refractivity contribution in [1.82, 2.24) is 19.5 Å². The van der Waals surface area contributed by atoms with Crippen molar-refractivity contribution >= 4 is 11.2 Å². The number of hydrogen-bond acceptors (Lipinski definition) is 5. The average Bonchev–Trinajstić information content (AvgIpc) is 2.75. The molecule has 0 aliphatic carbocycles. The molecule has 2 heterocycles. The Morgan fingerprint density at radius 1 is 1.35 bits per heavy atom. The number of aromatic nitrogens is 4. The number of aryl methyl sites for hydroxylation is 1. The minimum Gasteiger partial charge on any atom is -0.396 e. The van der Waals surface area contributed by atoms with Gasteiger partial charge in [-0.05, 0) is 6.42 Å². The third-order valence-electron chi connectivity index (χ3n) is 2.70. The van der Waals surface area contributed by atoms with Crippen LogP contribution in [0.4, 0.5) is 0 Å². The minimum absolute atomic E-state index is 0.0584. The maximum atomic E-state index is 11.4. The van der Waals surface area contributed by atoms with Gasteiger partial charge in [-0.25, -0.2) is 9.97 Å². The predicted octanol–water partition coefficient (Wildman–Crippen LogP) is -0.890. The lowest BCUT2D eigenvalue weighted by Gasteiger charge is -2.10. The lowest BCUT2D eigenvalue weighted by molar-refractivity contribution is 0.140. The van der Waals surface area contributed by atoms with E-state index in [1.54, 1.807) is 10.9 Å². The highest BCUT2D eigenvalue weighted by Gasteiger charge is 2.10. The smallest absolute Gasteiger partial charge is 0.278 e. The Morgan fingerprint density at radius 2 is 2.12 bits per heavy atom. The van der Waals surface area contributed by atoms with Crippen LogP contribution in [0.5, 0.6) is 0 Å². The summed E-state index contributed by atoms with van der Waals surface area (Å²) in [7, 11) is 0. The molecular formula is C10H14N4O3. The molecule has 2 aromatic rings. The Balaban J connectivity index is 2.20. The summed E-state index contributed by atoms with van der Waals surface area (Å²) in [6.45, 7) is 0.438. The molecule has 0 radical (unpaired) electrons. The van der Waals surface area contributed by atoms with E-state index in [-0.39, 0.29) is 24.7 Å². The second-order valence-electron chi connectivity index (χ2n) is 3.86. The number of rotatable bonds is 5. The third-order valence-corrected chi connectivity index (χ3v) is 2.70. The SMILES string of the molecule is O=c1[nH]cnc2c1ncn2CCC(CO)CO. The van der Waals surface area contributed by atoms with Gasteiger partial charge >= 0.3 is 0 Å². The zero-order valence-electron chi connectivity index (χ0n) is 9.20. The van der Waals surface area contributed by atoms with Crippen LogP contribution in [-0.4, -0.2) is 42.9 Å². The molecule has 0 bridgehead atoms. The number of nitrogens with zero attached hydrogens (tertiary/aromatic N) is 3. The Labute approximate surface area is 96.8 Å². The Bertz CT molecular complexity index is 544. The van der Waals surface area contributed by atoms with Crippen LogP contribution in [0.1, 0.15) is 6.42 Å². The van der Waals surface area contributed by atoms with Gasteiger partial charge in [0.15, 0.2) is 11.2 Å². The lowest BCUT2D eigenvalue weighted by atomic mass is 10.1. The molecule has 0 amide bonds. The van der Waals surface area contributed by atoms with Crippen molar-refractivity contribution in [1.29, 1.82) is 0 Å². The summed E-state index contributed by atoms with van der Waals surface area (Å²) in [6.07, 6.45) is 3.48. The average molecular weight is 238 g/mol. The van der Waals surface area contributed by atoms with Crippen LogP contribution in [0.3, 0.4) is 0 Å². The normalized spacial score (nSPS) is 11.5. The van der Waals surface area contributed by atoms with Gasteiger partial charge in [-0.1, -0.05) is 0 Å². The molecule has 0 aromatic carbocycles. The fourth-order valence-electron chi connectivity index (χ4n) is 1.62. The highest BCUT2D eigenvalue weighted by molar-refractivity contribution is 5.68. The zero-order chi connectivity index (χ0) is 12.3. The van der Waals surface area contributed by atoms with Gasteiger partial charge in [-0.2, -0.15) is 0 Å². The van der Waals surface area contributed by atoms with E-state index in [2.05, 4.69) is 15.0 Å². The fraction of sp³-hybridized carbons (Fsp3) is 0.500. The molecule has 0 atom stereocenters. The summed E-state index contributed by atoms with van der Waals surface area (Å²) in [4.78, 5) is 21.9. The summed E-state index contributed by atoms with van der Waals surface area (Å²) < 4.78 is 1.74. The van der Waals surface area contributed by atoms with Crippen LogP contribution in [-0.2, 0) is 6.54 Å². The second-order valence-corrected chi connectivity index (χ2v) is 3.86. The van der Waals surface area contributed by atoms with Gasteiger partial charge in [0, 0.05) is 25.7 Å². The predicted molar refractivity (Wildman–Crippen MR) is 60.4 cm³/mol. The summed E-state index contributed by atoms with van der Waals surface area (Å²) in [5.41, 5.74) is 0.551. The van der Waals surface area contributed by atoms with Gasteiger partial charge in [0.05, 0.1) is 12.7 Å². The number of aromatic amines is 1. The van der Waals surface area contributed by atoms with Gasteiger partial charge in [0.25, 0.3) is 5.56 Å². The van der Waals surface area contributed by atoms with Crippen LogP contribution in [0.25, 0.3) is 11.2 Å². The fourth-order valence-corrected chi connectivity index (χ4v) is 1.62. The van der Waals surface area contributed by atoms with Crippen molar-refractivity contribution in [3.8, 4) is 0 Å². The van der Waals surface area contributed by atoms with Crippen molar-refractivity contribution in [3.05, 3.63) is 23.0 Å². The summed E-state index contributed by atoms with van der Waals surface area (Å²) in [5.74, 6) is -0.158. The second kappa shape index (κ2) is 5.07. The maximum Gasteiger partial charge on any atom is 0.278 e. The van der Waals surface area contributed by atoms with Gasteiger partial charge in [0.2, 0.25) is 0 Å². The van der Waals surface area contributed by atoms with Gasteiger partial charge in [0.1, 0.15) is 0 Å². The first-order valence-corrected chi connectivity index (χ1v) is 5.36. The number of nitrogens with one attached hydrogen (secondary N) is 1. The van der Waals surface area contributed by atoms with Crippen molar-refractivity contribution in [3.63, 3.8) is 0 Å². The van der Waals surface area contributed by atoms with E-state index < -0.39 is 0 Å². The standard InChI is InChI=1S/C10H14N4O3/c15-3-7(4-16)1-2-14-6-13-8-9(14)11-5-12-10(8)17/h5-7,15-16H,1-4H2,(H,11,12,17). The van der Waals surface area contributed by atoms with Crippen LogP contribution in [0.2, 0.25) is 0 Å². The summed E-state index contributed by atoms with van der Waals surface area (Å²) >= 11 is 0. The van der Waals surface area contributed by atoms with E-state index >= 15 is 0 Å². The highest BCUT2D eigenvalue weighted by atomic mass is 16.3. The summed E-state index contributed by atoms with van der Waals surface area (Å²) in [6, 6.07) is 0. The number of aliphatic hydroxyl groups excluding tert-OH is 2. The Kier molecular flexibility index (Phi) is 3.50. The van der Waals surface area contributed by atoms with Crippen molar-refractivity contribution in [2.24, 2.45) is 5.92 Å². The first-order chi connectivity index (χ1) is 8.26. The highest BCUT2D eigenvalue weighted by Crippen LogP contribution is 2.08. The molecular weight excluding hydrogens is 224 g/mol. The van der Waals surface area contributed by atoms with Crippen molar-refractivity contribution < 1.29 is 10.2 Å². The van der Waals surface area contributed by atoms with Crippen molar-refractivity contribution in [2.75, 3.05) is 13.2 Å². The molecule has 0 fully saturated rings. The topological polar surface area (TPSA) is 104 Å². The third kappa shape index (κ3) is 2.34. The number of imidazole rings is 1. The van der Waals surface area contributed by atoms with E-state index in [4.69, 9.17) is 10.2 Å². The molecule has 3 N–H and O–H groups in total. The number of hydrogen-bond donors (Lipinski definition) is 3. The van der Waals surface area contributed by atoms with E-state index in [9.17, 15) is 4.79 Å². The molecule has 2 aromatic heterocycles. The Hall–Kier alpha value is -1.73. The first kappa shape index (κ1) is 11.7.